The van der Waals surface area contributed by atoms with Crippen molar-refractivity contribution in [3.05, 3.63) is 53.6 Å². The molecule has 3 rings (SSSR count). The van der Waals surface area contributed by atoms with Gasteiger partial charge in [-0.1, -0.05) is 48.6 Å². The van der Waals surface area contributed by atoms with Gasteiger partial charge in [0.25, 0.3) is 0 Å². The molecule has 0 aliphatic heterocycles. The van der Waals surface area contributed by atoms with Crippen LogP contribution < -0.4 is 5.73 Å². The first-order valence-electron chi connectivity index (χ1n) is 6.35. The minimum absolute atomic E-state index is 0.0164. The number of hydrogen-bond acceptors (Lipinski definition) is 2. The van der Waals surface area contributed by atoms with Crippen molar-refractivity contribution >= 4 is 25.5 Å². The van der Waals surface area contributed by atoms with E-state index in [2.05, 4.69) is 48.6 Å². The standard InChI is InChI=1S/C15H15N2OP/c16-9-10-17(19-18)14-8-7-12-4-1-3-11-5-2-6-13(14)15(11)12/h1-8,14H,9-10,16H2. The highest BCUT2D eigenvalue weighted by molar-refractivity contribution is 7.20. The van der Waals surface area contributed by atoms with Gasteiger partial charge in [0.1, 0.15) is 0 Å². The van der Waals surface area contributed by atoms with Crippen LogP contribution in [0.5, 0.6) is 0 Å². The van der Waals surface area contributed by atoms with Gasteiger partial charge >= 0.3 is 0 Å². The fraction of sp³-hybridized carbons (Fsp3) is 0.200. The Bertz CT molecular complexity index is 648. The Labute approximate surface area is 114 Å². The molecule has 0 fully saturated rings. The number of rotatable bonds is 4. The summed E-state index contributed by atoms with van der Waals surface area (Å²) >= 11 is 0. The maximum atomic E-state index is 11.4. The summed E-state index contributed by atoms with van der Waals surface area (Å²) in [6, 6.07) is 12.6. The summed E-state index contributed by atoms with van der Waals surface area (Å²) in [5.41, 5.74) is 8.02. The van der Waals surface area contributed by atoms with E-state index in [0.29, 0.717) is 13.1 Å². The lowest BCUT2D eigenvalue weighted by Gasteiger charge is -2.27. The number of benzene rings is 2. The van der Waals surface area contributed by atoms with Crippen LogP contribution in [-0.2, 0) is 4.57 Å². The fourth-order valence-electron chi connectivity index (χ4n) is 2.71. The molecule has 0 saturated carbocycles. The number of nitrogens with two attached hydrogens (primary N) is 1. The third-order valence-electron chi connectivity index (χ3n) is 3.53. The normalized spacial score (nSPS) is 17.5. The van der Waals surface area contributed by atoms with E-state index < -0.39 is 0 Å². The largest absolute Gasteiger partial charge is 0.329 e. The summed E-state index contributed by atoms with van der Waals surface area (Å²) in [5, 5.41) is 2.47. The van der Waals surface area contributed by atoms with E-state index in [9.17, 15) is 4.57 Å². The maximum Gasteiger partial charge on any atom is 0.249 e. The average molecular weight is 270 g/mol. The second-order valence-electron chi connectivity index (χ2n) is 4.63. The molecule has 0 bridgehead atoms. The van der Waals surface area contributed by atoms with Crippen LogP contribution in [0.1, 0.15) is 17.2 Å². The molecule has 2 aromatic carbocycles. The summed E-state index contributed by atoms with van der Waals surface area (Å²) in [4.78, 5) is 0. The summed E-state index contributed by atoms with van der Waals surface area (Å²) in [7, 11) is 0.0164. The van der Waals surface area contributed by atoms with Gasteiger partial charge in [-0.15, -0.1) is 0 Å². The van der Waals surface area contributed by atoms with Crippen molar-refractivity contribution in [2.24, 2.45) is 5.73 Å². The lowest BCUT2D eigenvalue weighted by Crippen LogP contribution is -2.25. The van der Waals surface area contributed by atoms with E-state index in [1.807, 2.05) is 4.67 Å². The van der Waals surface area contributed by atoms with Crippen molar-refractivity contribution in [1.82, 2.24) is 4.67 Å². The molecule has 2 aromatic rings. The molecule has 1 unspecified atom stereocenters. The molecule has 0 heterocycles. The molecular weight excluding hydrogens is 255 g/mol. The molecule has 3 nitrogen and oxygen atoms in total. The molecule has 2 N–H and O–H groups in total. The van der Waals surface area contributed by atoms with Crippen LogP contribution in [0.2, 0.25) is 0 Å². The maximum absolute atomic E-state index is 11.4. The predicted octanol–water partition coefficient (Wildman–Crippen LogP) is 3.38. The van der Waals surface area contributed by atoms with Crippen LogP contribution in [0, 0.1) is 0 Å². The molecule has 0 saturated heterocycles. The Balaban J connectivity index is 2.16. The summed E-state index contributed by atoms with van der Waals surface area (Å²) in [5.74, 6) is 0. The fourth-order valence-corrected chi connectivity index (χ4v) is 3.21. The van der Waals surface area contributed by atoms with Crippen LogP contribution in [0.25, 0.3) is 16.8 Å². The van der Waals surface area contributed by atoms with Gasteiger partial charge in [-0.25, -0.2) is 4.67 Å². The van der Waals surface area contributed by atoms with E-state index in [0.717, 1.165) is 0 Å². The molecule has 4 heteroatoms. The van der Waals surface area contributed by atoms with Gasteiger partial charge in [0.15, 0.2) is 0 Å². The smallest absolute Gasteiger partial charge is 0.249 e. The lowest BCUT2D eigenvalue weighted by molar-refractivity contribution is 0.398. The Morgan fingerprint density at radius 1 is 1.21 bits per heavy atom. The molecule has 96 valence electrons. The molecule has 1 atom stereocenters. The Morgan fingerprint density at radius 3 is 2.74 bits per heavy atom. The molecule has 1 aliphatic carbocycles. The zero-order chi connectivity index (χ0) is 13.2. The topological polar surface area (TPSA) is 46.3 Å². The number of nitrogens with zero attached hydrogens (tertiary/aromatic N) is 1. The van der Waals surface area contributed by atoms with Crippen LogP contribution in [0.15, 0.2) is 42.5 Å². The molecule has 0 spiro atoms. The van der Waals surface area contributed by atoms with E-state index in [-0.39, 0.29) is 14.7 Å². The third kappa shape index (κ3) is 2.10. The molecular formula is C15H15N2OP. The van der Waals surface area contributed by atoms with Crippen molar-refractivity contribution in [2.75, 3.05) is 13.1 Å². The van der Waals surface area contributed by atoms with Gasteiger partial charge in [0, 0.05) is 13.1 Å². The summed E-state index contributed by atoms with van der Waals surface area (Å²) in [6.07, 6.45) is 4.20. The number of hydrogen-bond donors (Lipinski definition) is 1. The van der Waals surface area contributed by atoms with Crippen LogP contribution in [0.3, 0.4) is 0 Å². The minimum Gasteiger partial charge on any atom is -0.329 e. The quantitative estimate of drug-likeness (QED) is 0.866. The van der Waals surface area contributed by atoms with Crippen LogP contribution in [-0.4, -0.2) is 17.8 Å². The van der Waals surface area contributed by atoms with Gasteiger partial charge in [-0.05, 0) is 21.9 Å². The Hall–Kier alpha value is -1.54. The van der Waals surface area contributed by atoms with E-state index in [1.165, 1.54) is 21.9 Å². The zero-order valence-corrected chi connectivity index (χ0v) is 11.4. The van der Waals surface area contributed by atoms with Gasteiger partial charge < -0.3 is 5.73 Å². The minimum atomic E-state index is 0.0164. The highest BCUT2D eigenvalue weighted by Gasteiger charge is 2.23. The van der Waals surface area contributed by atoms with Crippen LogP contribution >= 0.6 is 8.61 Å². The third-order valence-corrected chi connectivity index (χ3v) is 4.19. The van der Waals surface area contributed by atoms with E-state index >= 15 is 0 Å². The van der Waals surface area contributed by atoms with Gasteiger partial charge in [-0.3, -0.25) is 4.57 Å². The van der Waals surface area contributed by atoms with Crippen molar-refractivity contribution in [1.29, 1.82) is 0 Å². The highest BCUT2D eigenvalue weighted by Crippen LogP contribution is 2.38. The van der Waals surface area contributed by atoms with Crippen molar-refractivity contribution in [3.63, 3.8) is 0 Å². The molecule has 19 heavy (non-hydrogen) atoms. The van der Waals surface area contributed by atoms with Crippen LogP contribution in [0.4, 0.5) is 0 Å². The average Bonchev–Trinajstić information content (AvgIpc) is 2.46. The Kier molecular flexibility index (Phi) is 3.43. The second-order valence-corrected chi connectivity index (χ2v) is 5.31. The monoisotopic (exact) mass is 270 g/mol. The van der Waals surface area contributed by atoms with Crippen molar-refractivity contribution in [3.8, 4) is 0 Å². The van der Waals surface area contributed by atoms with Gasteiger partial charge in [0.2, 0.25) is 8.61 Å². The zero-order valence-electron chi connectivity index (χ0n) is 10.5. The summed E-state index contributed by atoms with van der Waals surface area (Å²) < 4.78 is 13.2. The lowest BCUT2D eigenvalue weighted by atomic mass is 9.90. The first-order valence-corrected chi connectivity index (χ1v) is 7.11. The molecule has 0 radical (unpaired) electrons. The van der Waals surface area contributed by atoms with Gasteiger partial charge in [-0.2, -0.15) is 0 Å². The first-order chi connectivity index (χ1) is 9.35. The second kappa shape index (κ2) is 5.22. The SMILES string of the molecule is NCCN(P=O)C1C=Cc2cccc3cccc1c23. The van der Waals surface area contributed by atoms with E-state index in [4.69, 9.17) is 5.73 Å². The van der Waals surface area contributed by atoms with Crippen molar-refractivity contribution < 1.29 is 4.57 Å². The first kappa shape index (κ1) is 12.5. The predicted molar refractivity (Wildman–Crippen MR) is 79.1 cm³/mol. The molecule has 0 aromatic heterocycles. The van der Waals surface area contributed by atoms with Crippen molar-refractivity contribution in [2.45, 2.75) is 6.04 Å². The molecule has 0 amide bonds. The van der Waals surface area contributed by atoms with E-state index in [1.54, 1.807) is 0 Å². The summed E-state index contributed by atoms with van der Waals surface area (Å²) in [6.45, 7) is 1.11. The van der Waals surface area contributed by atoms with Gasteiger partial charge in [0.05, 0.1) is 6.04 Å². The molecule has 1 aliphatic rings. The highest BCUT2D eigenvalue weighted by atomic mass is 31.1. The Morgan fingerprint density at radius 2 is 2.00 bits per heavy atom.